The molecule has 1 aromatic rings. The fraction of sp³-hybridized carbons (Fsp3) is 0.583. The highest BCUT2D eigenvalue weighted by Crippen LogP contribution is 2.17. The largest absolute Gasteiger partial charge is 0.476 e. The normalized spacial score (nSPS) is 12.5. The highest BCUT2D eigenvalue weighted by molar-refractivity contribution is 5.91. The first kappa shape index (κ1) is 15.3. The van der Waals surface area contributed by atoms with Crippen LogP contribution in [0.4, 0.5) is 5.69 Å². The number of aliphatic hydroxyl groups excluding tert-OH is 1. The van der Waals surface area contributed by atoms with Gasteiger partial charge in [-0.1, -0.05) is 13.8 Å². The monoisotopic (exact) mass is 269 g/mol. The Balaban J connectivity index is 3.02. The second-order valence-corrected chi connectivity index (χ2v) is 4.43. The lowest BCUT2D eigenvalue weighted by molar-refractivity contribution is 0.0690. The number of anilines is 1. The van der Waals surface area contributed by atoms with Crippen LogP contribution >= 0.6 is 0 Å². The maximum absolute atomic E-state index is 11.2. The van der Waals surface area contributed by atoms with Crippen LogP contribution in [0.3, 0.4) is 0 Å². The summed E-state index contributed by atoms with van der Waals surface area (Å²) in [7, 11) is 1.50. The molecule has 0 aliphatic carbocycles. The number of aliphatic hydroxyl groups is 1. The maximum atomic E-state index is 11.2. The number of hydrogen-bond donors (Lipinski definition) is 3. The molecule has 19 heavy (non-hydrogen) atoms. The van der Waals surface area contributed by atoms with Crippen LogP contribution in [0.5, 0.6) is 0 Å². The standard InChI is InChI=1S/C12H19N3O4/c1-7(2)11-13-4-9(10(15-11)12(17)18)14-8(5-16)6-19-3/h4,7-8,14,16H,5-6H2,1-3H3,(H,17,18). The molecule has 0 aliphatic rings. The number of ether oxygens (including phenoxy) is 1. The van der Waals surface area contributed by atoms with Crippen molar-refractivity contribution in [2.45, 2.75) is 25.8 Å². The van der Waals surface area contributed by atoms with Crippen molar-refractivity contribution in [1.82, 2.24) is 9.97 Å². The Bertz CT molecular complexity index is 437. The molecule has 3 N–H and O–H groups in total. The van der Waals surface area contributed by atoms with E-state index in [2.05, 4.69) is 15.3 Å². The Morgan fingerprint density at radius 2 is 2.21 bits per heavy atom. The van der Waals surface area contributed by atoms with Gasteiger partial charge in [-0.3, -0.25) is 0 Å². The van der Waals surface area contributed by atoms with Crippen molar-refractivity contribution >= 4 is 11.7 Å². The van der Waals surface area contributed by atoms with Gasteiger partial charge in [0.25, 0.3) is 0 Å². The number of aromatic nitrogens is 2. The fourth-order valence-electron chi connectivity index (χ4n) is 1.50. The van der Waals surface area contributed by atoms with E-state index in [0.717, 1.165) is 0 Å². The second-order valence-electron chi connectivity index (χ2n) is 4.43. The predicted molar refractivity (Wildman–Crippen MR) is 69.5 cm³/mol. The third-order valence-electron chi connectivity index (χ3n) is 2.47. The minimum absolute atomic E-state index is 0.0414. The number of carboxylic acids is 1. The molecule has 1 unspecified atom stereocenters. The molecular formula is C12H19N3O4. The van der Waals surface area contributed by atoms with Crippen LogP contribution in [0.1, 0.15) is 36.1 Å². The first-order valence-electron chi connectivity index (χ1n) is 5.96. The van der Waals surface area contributed by atoms with Crippen molar-refractivity contribution in [2.75, 3.05) is 25.6 Å². The van der Waals surface area contributed by atoms with Crippen LogP contribution in [0.25, 0.3) is 0 Å². The summed E-state index contributed by atoms with van der Waals surface area (Å²) in [6.07, 6.45) is 1.42. The van der Waals surface area contributed by atoms with Gasteiger partial charge in [-0.2, -0.15) is 0 Å². The third kappa shape index (κ3) is 4.15. The summed E-state index contributed by atoms with van der Waals surface area (Å²) >= 11 is 0. The molecule has 0 saturated heterocycles. The van der Waals surface area contributed by atoms with Crippen molar-refractivity contribution in [2.24, 2.45) is 0 Å². The summed E-state index contributed by atoms with van der Waals surface area (Å²) < 4.78 is 4.92. The van der Waals surface area contributed by atoms with Gasteiger partial charge in [0, 0.05) is 13.0 Å². The molecule has 0 aromatic carbocycles. The van der Waals surface area contributed by atoms with Gasteiger partial charge >= 0.3 is 5.97 Å². The van der Waals surface area contributed by atoms with Crippen LogP contribution in [-0.2, 0) is 4.74 Å². The minimum Gasteiger partial charge on any atom is -0.476 e. The minimum atomic E-state index is -1.14. The Labute approximate surface area is 111 Å². The molecule has 0 saturated carbocycles. The van der Waals surface area contributed by atoms with Gasteiger partial charge in [-0.05, 0) is 0 Å². The topological polar surface area (TPSA) is 105 Å². The molecule has 1 heterocycles. The molecule has 7 nitrogen and oxygen atoms in total. The molecule has 0 radical (unpaired) electrons. The van der Waals surface area contributed by atoms with E-state index in [4.69, 9.17) is 14.9 Å². The number of hydrogen-bond acceptors (Lipinski definition) is 6. The summed E-state index contributed by atoms with van der Waals surface area (Å²) in [4.78, 5) is 19.3. The van der Waals surface area contributed by atoms with Gasteiger partial charge in [-0.25, -0.2) is 14.8 Å². The number of carboxylic acid groups (broad SMARTS) is 1. The summed E-state index contributed by atoms with van der Waals surface area (Å²) in [5, 5.41) is 21.2. The van der Waals surface area contributed by atoms with Gasteiger partial charge in [0.2, 0.25) is 0 Å². The molecular weight excluding hydrogens is 250 g/mol. The smallest absolute Gasteiger partial charge is 0.356 e. The van der Waals surface area contributed by atoms with Crippen molar-refractivity contribution in [3.63, 3.8) is 0 Å². The second kappa shape index (κ2) is 7.01. The zero-order valence-electron chi connectivity index (χ0n) is 11.3. The molecule has 1 rings (SSSR count). The molecule has 0 fully saturated rings. The fourth-order valence-corrected chi connectivity index (χ4v) is 1.50. The van der Waals surface area contributed by atoms with Gasteiger partial charge in [0.05, 0.1) is 31.1 Å². The zero-order chi connectivity index (χ0) is 14.4. The highest BCUT2D eigenvalue weighted by Gasteiger charge is 2.18. The van der Waals surface area contributed by atoms with E-state index >= 15 is 0 Å². The molecule has 106 valence electrons. The average molecular weight is 269 g/mol. The number of nitrogens with zero attached hydrogens (tertiary/aromatic N) is 2. The van der Waals surface area contributed by atoms with Crippen molar-refractivity contribution in [3.8, 4) is 0 Å². The summed E-state index contributed by atoms with van der Waals surface area (Å²) in [5.41, 5.74) is 0.168. The van der Waals surface area contributed by atoms with E-state index in [-0.39, 0.29) is 30.5 Å². The van der Waals surface area contributed by atoms with Crippen LogP contribution in [0.2, 0.25) is 0 Å². The van der Waals surface area contributed by atoms with E-state index in [1.54, 1.807) is 0 Å². The number of aromatic carboxylic acids is 1. The summed E-state index contributed by atoms with van der Waals surface area (Å²) in [5.74, 6) is -0.629. The molecule has 0 bridgehead atoms. The van der Waals surface area contributed by atoms with Crippen LogP contribution < -0.4 is 5.32 Å². The molecule has 0 amide bonds. The molecule has 7 heteroatoms. The zero-order valence-corrected chi connectivity index (χ0v) is 11.3. The molecule has 1 aromatic heterocycles. The van der Waals surface area contributed by atoms with Crippen molar-refractivity contribution in [3.05, 3.63) is 17.7 Å². The number of nitrogens with one attached hydrogen (secondary N) is 1. The number of rotatable bonds is 7. The van der Waals surface area contributed by atoms with Crippen LogP contribution in [0, 0.1) is 0 Å². The van der Waals surface area contributed by atoms with Gasteiger partial charge in [-0.15, -0.1) is 0 Å². The van der Waals surface area contributed by atoms with Crippen LogP contribution in [-0.4, -0.2) is 52.5 Å². The SMILES string of the molecule is COCC(CO)Nc1cnc(C(C)C)nc1C(=O)O. The van der Waals surface area contributed by atoms with E-state index in [1.807, 2.05) is 13.8 Å². The Hall–Kier alpha value is -1.73. The van der Waals surface area contributed by atoms with E-state index in [9.17, 15) is 4.79 Å². The predicted octanol–water partition coefficient (Wildman–Crippen LogP) is 0.717. The molecule has 0 aliphatic heterocycles. The van der Waals surface area contributed by atoms with Gasteiger partial charge in [0.15, 0.2) is 5.69 Å². The average Bonchev–Trinajstić information content (AvgIpc) is 2.37. The first-order chi connectivity index (χ1) is 8.99. The summed E-state index contributed by atoms with van der Waals surface area (Å²) in [6, 6.07) is -0.406. The van der Waals surface area contributed by atoms with E-state index in [1.165, 1.54) is 13.3 Å². The quantitative estimate of drug-likeness (QED) is 0.669. The Kier molecular flexibility index (Phi) is 5.65. The van der Waals surface area contributed by atoms with Gasteiger partial charge < -0.3 is 20.3 Å². The molecule has 1 atom stereocenters. The van der Waals surface area contributed by atoms with Gasteiger partial charge in [0.1, 0.15) is 5.82 Å². The summed E-state index contributed by atoms with van der Waals surface area (Å²) in [6.45, 7) is 3.84. The Morgan fingerprint density at radius 1 is 1.53 bits per heavy atom. The third-order valence-corrected chi connectivity index (χ3v) is 2.47. The number of methoxy groups -OCH3 is 1. The lowest BCUT2D eigenvalue weighted by Crippen LogP contribution is -2.30. The van der Waals surface area contributed by atoms with Crippen LogP contribution in [0.15, 0.2) is 6.20 Å². The lowest BCUT2D eigenvalue weighted by atomic mass is 10.2. The van der Waals surface area contributed by atoms with E-state index in [0.29, 0.717) is 5.82 Å². The highest BCUT2D eigenvalue weighted by atomic mass is 16.5. The maximum Gasteiger partial charge on any atom is 0.356 e. The Morgan fingerprint density at radius 3 is 2.68 bits per heavy atom. The van der Waals surface area contributed by atoms with E-state index < -0.39 is 12.0 Å². The van der Waals surface area contributed by atoms with Crippen molar-refractivity contribution < 1.29 is 19.7 Å². The number of carbonyl (C=O) groups is 1. The van der Waals surface area contributed by atoms with Crippen molar-refractivity contribution in [1.29, 1.82) is 0 Å². The lowest BCUT2D eigenvalue weighted by Gasteiger charge is -2.18. The molecule has 0 spiro atoms. The first-order valence-corrected chi connectivity index (χ1v) is 5.96.